The van der Waals surface area contributed by atoms with Crippen LogP contribution in [0.4, 0.5) is 0 Å². The van der Waals surface area contributed by atoms with E-state index < -0.39 is 11.4 Å². The predicted molar refractivity (Wildman–Crippen MR) is 86.9 cm³/mol. The third-order valence-corrected chi connectivity index (χ3v) is 5.47. The molecule has 0 bridgehead atoms. The molecule has 2 N–H and O–H groups in total. The third-order valence-electron chi connectivity index (χ3n) is 5.47. The Labute approximate surface area is 136 Å². The Hall–Kier alpha value is -1.88. The van der Waals surface area contributed by atoms with E-state index in [-0.39, 0.29) is 18.4 Å². The SMILES string of the molecule is Cc1ccccc1CNC(=O)CN1C[C@@H]2CCC[C@@]2(C(=O)O)C1. The largest absolute Gasteiger partial charge is 0.481 e. The van der Waals surface area contributed by atoms with Crippen molar-refractivity contribution in [2.45, 2.75) is 32.7 Å². The Morgan fingerprint density at radius 3 is 2.87 bits per heavy atom. The van der Waals surface area contributed by atoms with Crippen molar-refractivity contribution in [3.63, 3.8) is 0 Å². The van der Waals surface area contributed by atoms with Crippen molar-refractivity contribution < 1.29 is 14.7 Å². The normalized spacial score (nSPS) is 26.9. The lowest BCUT2D eigenvalue weighted by atomic mass is 9.81. The Bertz CT molecular complexity index is 616. The lowest BCUT2D eigenvalue weighted by Crippen LogP contribution is -2.39. The maximum Gasteiger partial charge on any atom is 0.311 e. The number of rotatable bonds is 5. The predicted octanol–water partition coefficient (Wildman–Crippen LogP) is 1.80. The molecule has 1 heterocycles. The Balaban J connectivity index is 1.53. The highest BCUT2D eigenvalue weighted by molar-refractivity contribution is 5.79. The Kier molecular flexibility index (Phi) is 4.39. The average Bonchev–Trinajstić information content (AvgIpc) is 3.04. The van der Waals surface area contributed by atoms with Gasteiger partial charge in [-0.15, -0.1) is 0 Å². The van der Waals surface area contributed by atoms with Gasteiger partial charge in [-0.05, 0) is 36.8 Å². The van der Waals surface area contributed by atoms with Crippen LogP contribution in [0.3, 0.4) is 0 Å². The maximum absolute atomic E-state index is 12.2. The van der Waals surface area contributed by atoms with E-state index in [0.717, 1.165) is 36.9 Å². The first-order chi connectivity index (χ1) is 11.0. The molecule has 1 aliphatic heterocycles. The fourth-order valence-electron chi connectivity index (χ4n) is 4.12. The average molecular weight is 316 g/mol. The van der Waals surface area contributed by atoms with E-state index in [2.05, 4.69) is 5.32 Å². The highest BCUT2D eigenvalue weighted by atomic mass is 16.4. The zero-order valence-corrected chi connectivity index (χ0v) is 13.5. The number of nitrogens with zero attached hydrogens (tertiary/aromatic N) is 1. The minimum atomic E-state index is -0.692. The van der Waals surface area contributed by atoms with Crippen molar-refractivity contribution in [2.24, 2.45) is 11.3 Å². The van der Waals surface area contributed by atoms with Crippen molar-refractivity contribution in [2.75, 3.05) is 19.6 Å². The summed E-state index contributed by atoms with van der Waals surface area (Å²) in [7, 11) is 0. The molecule has 1 saturated carbocycles. The third kappa shape index (κ3) is 3.11. The van der Waals surface area contributed by atoms with Crippen molar-refractivity contribution in [3.8, 4) is 0 Å². The van der Waals surface area contributed by atoms with Gasteiger partial charge in [0.1, 0.15) is 0 Å². The van der Waals surface area contributed by atoms with Gasteiger partial charge >= 0.3 is 5.97 Å². The summed E-state index contributed by atoms with van der Waals surface area (Å²) in [5.41, 5.74) is 1.66. The van der Waals surface area contributed by atoms with Crippen LogP contribution in [-0.2, 0) is 16.1 Å². The molecule has 1 amide bonds. The second-order valence-electron chi connectivity index (χ2n) is 6.92. The van der Waals surface area contributed by atoms with Gasteiger partial charge in [0.15, 0.2) is 0 Å². The number of fused-ring (bicyclic) bond motifs is 1. The molecule has 1 aromatic rings. The summed E-state index contributed by atoms with van der Waals surface area (Å²) in [6, 6.07) is 7.98. The number of likely N-dealkylation sites (tertiary alicyclic amines) is 1. The molecule has 1 aromatic carbocycles. The number of carboxylic acid groups (broad SMARTS) is 1. The molecule has 124 valence electrons. The van der Waals surface area contributed by atoms with Crippen LogP contribution in [0.1, 0.15) is 30.4 Å². The lowest BCUT2D eigenvalue weighted by Gasteiger charge is -2.23. The zero-order valence-electron chi connectivity index (χ0n) is 13.5. The molecule has 0 spiro atoms. The number of nitrogens with one attached hydrogen (secondary N) is 1. The van der Waals surface area contributed by atoms with E-state index in [4.69, 9.17) is 0 Å². The number of carboxylic acids is 1. The van der Waals surface area contributed by atoms with E-state index in [1.54, 1.807) is 0 Å². The molecule has 3 rings (SSSR count). The number of carbonyl (C=O) groups is 2. The maximum atomic E-state index is 12.2. The van der Waals surface area contributed by atoms with Crippen molar-refractivity contribution in [3.05, 3.63) is 35.4 Å². The molecule has 1 saturated heterocycles. The Morgan fingerprint density at radius 2 is 2.17 bits per heavy atom. The standard InChI is InChI=1S/C18H24N2O3/c1-13-5-2-3-6-14(13)9-19-16(21)11-20-10-15-7-4-8-18(15,12-20)17(22)23/h2-3,5-6,15H,4,7-12H2,1H3,(H,19,21)(H,22,23)/t15-,18+/m0/s1. The summed E-state index contributed by atoms with van der Waals surface area (Å²) in [5.74, 6) is -0.527. The minimum Gasteiger partial charge on any atom is -0.481 e. The highest BCUT2D eigenvalue weighted by Gasteiger charge is 2.54. The van der Waals surface area contributed by atoms with Crippen molar-refractivity contribution >= 4 is 11.9 Å². The fraction of sp³-hybridized carbons (Fsp3) is 0.556. The summed E-state index contributed by atoms with van der Waals surface area (Å²) in [6.45, 7) is 4.07. The van der Waals surface area contributed by atoms with Crippen LogP contribution < -0.4 is 5.32 Å². The molecule has 2 fully saturated rings. The topological polar surface area (TPSA) is 69.6 Å². The van der Waals surface area contributed by atoms with Gasteiger partial charge in [-0.25, -0.2) is 0 Å². The van der Waals surface area contributed by atoms with Crippen molar-refractivity contribution in [1.82, 2.24) is 10.2 Å². The van der Waals surface area contributed by atoms with Gasteiger partial charge in [-0.2, -0.15) is 0 Å². The van der Waals surface area contributed by atoms with Gasteiger partial charge in [0.05, 0.1) is 12.0 Å². The number of hydrogen-bond acceptors (Lipinski definition) is 3. The summed E-state index contributed by atoms with van der Waals surface area (Å²) < 4.78 is 0. The van der Waals surface area contributed by atoms with Gasteiger partial charge in [-0.1, -0.05) is 30.7 Å². The Morgan fingerprint density at radius 1 is 1.39 bits per heavy atom. The lowest BCUT2D eigenvalue weighted by molar-refractivity contribution is -0.149. The van der Waals surface area contributed by atoms with Crippen LogP contribution in [0.5, 0.6) is 0 Å². The molecule has 2 atom stereocenters. The number of amides is 1. The van der Waals surface area contributed by atoms with Crippen LogP contribution in [0.2, 0.25) is 0 Å². The highest BCUT2D eigenvalue weighted by Crippen LogP contribution is 2.48. The van der Waals surface area contributed by atoms with Crippen LogP contribution in [0, 0.1) is 18.3 Å². The van der Waals surface area contributed by atoms with E-state index in [9.17, 15) is 14.7 Å². The molecule has 0 radical (unpaired) electrons. The molecule has 1 aliphatic carbocycles. The van der Waals surface area contributed by atoms with Crippen LogP contribution in [0.25, 0.3) is 0 Å². The zero-order chi connectivity index (χ0) is 16.4. The summed E-state index contributed by atoms with van der Waals surface area (Å²) in [5, 5.41) is 12.5. The second kappa shape index (κ2) is 6.32. The number of aryl methyl sites for hydroxylation is 1. The molecule has 23 heavy (non-hydrogen) atoms. The summed E-state index contributed by atoms with van der Waals surface area (Å²) in [6.07, 6.45) is 2.70. The van der Waals surface area contributed by atoms with Gasteiger partial charge in [-0.3, -0.25) is 14.5 Å². The van der Waals surface area contributed by atoms with Gasteiger partial charge in [0.25, 0.3) is 0 Å². The van der Waals surface area contributed by atoms with Crippen LogP contribution in [0.15, 0.2) is 24.3 Å². The second-order valence-corrected chi connectivity index (χ2v) is 6.92. The van der Waals surface area contributed by atoms with Gasteiger partial charge in [0.2, 0.25) is 5.91 Å². The van der Waals surface area contributed by atoms with E-state index in [1.807, 2.05) is 36.1 Å². The summed E-state index contributed by atoms with van der Waals surface area (Å²) in [4.78, 5) is 25.8. The molecular formula is C18H24N2O3. The van der Waals surface area contributed by atoms with E-state index in [1.165, 1.54) is 0 Å². The molecule has 2 aliphatic rings. The minimum absolute atomic E-state index is 0.0336. The molecule has 0 aromatic heterocycles. The van der Waals surface area contributed by atoms with E-state index in [0.29, 0.717) is 13.1 Å². The molecule has 5 nitrogen and oxygen atoms in total. The van der Waals surface area contributed by atoms with E-state index >= 15 is 0 Å². The molecule has 0 unspecified atom stereocenters. The first kappa shape index (κ1) is 16.0. The number of aliphatic carboxylic acids is 1. The number of carbonyl (C=O) groups excluding carboxylic acids is 1. The summed E-state index contributed by atoms with van der Waals surface area (Å²) >= 11 is 0. The van der Waals surface area contributed by atoms with Crippen molar-refractivity contribution in [1.29, 1.82) is 0 Å². The quantitative estimate of drug-likeness (QED) is 0.869. The van der Waals surface area contributed by atoms with Crippen LogP contribution in [-0.4, -0.2) is 41.5 Å². The molecule has 5 heteroatoms. The van der Waals surface area contributed by atoms with Gasteiger partial charge < -0.3 is 10.4 Å². The number of benzene rings is 1. The first-order valence-corrected chi connectivity index (χ1v) is 8.28. The molecular weight excluding hydrogens is 292 g/mol. The van der Waals surface area contributed by atoms with Gasteiger partial charge in [0, 0.05) is 19.6 Å². The number of hydrogen-bond donors (Lipinski definition) is 2. The first-order valence-electron chi connectivity index (χ1n) is 8.28. The monoisotopic (exact) mass is 316 g/mol. The van der Waals surface area contributed by atoms with Crippen LogP contribution >= 0.6 is 0 Å². The smallest absolute Gasteiger partial charge is 0.311 e. The fourth-order valence-corrected chi connectivity index (χ4v) is 4.12.